The fourth-order valence-electron chi connectivity index (χ4n) is 5.23. The van der Waals surface area contributed by atoms with Crippen molar-refractivity contribution >= 4 is 17.6 Å². The quantitative estimate of drug-likeness (QED) is 0.798. The molecule has 5 nitrogen and oxygen atoms in total. The van der Waals surface area contributed by atoms with E-state index in [0.717, 1.165) is 12.8 Å². The Hall–Kier alpha value is -2.43. The minimum absolute atomic E-state index is 0.0858. The topological polar surface area (TPSA) is 63.4 Å². The van der Waals surface area contributed by atoms with E-state index in [9.17, 15) is 9.59 Å². The van der Waals surface area contributed by atoms with Crippen LogP contribution in [0.25, 0.3) is 0 Å². The maximum Gasteiger partial charge on any atom is 0.239 e. The zero-order valence-corrected chi connectivity index (χ0v) is 13.4. The molecule has 3 aliphatic rings. The largest absolute Gasteiger partial charge is 0.360 e. The van der Waals surface area contributed by atoms with Gasteiger partial charge in [-0.25, -0.2) is 4.90 Å². The molecule has 5 atom stereocenters. The molecule has 122 valence electrons. The summed E-state index contributed by atoms with van der Waals surface area (Å²) in [7, 11) is 0. The molecule has 3 fully saturated rings. The molecule has 0 N–H and O–H groups in total. The van der Waals surface area contributed by atoms with Crippen molar-refractivity contribution in [3.63, 3.8) is 0 Å². The predicted molar refractivity (Wildman–Crippen MR) is 86.1 cm³/mol. The summed E-state index contributed by atoms with van der Waals surface area (Å²) in [6.45, 7) is 1.76. The minimum Gasteiger partial charge on any atom is -0.360 e. The Balaban J connectivity index is 1.50. The van der Waals surface area contributed by atoms with Crippen molar-refractivity contribution in [3.05, 3.63) is 47.7 Å². The molecule has 5 heteroatoms. The SMILES string of the molecule is Cc1cc(N2C(=O)[C@@H]3[C@@H]4C[C@@H]([C@H]3C2=O)[C@H](c2ccccc2)C4)no1. The number of nitrogens with zero attached hydrogens (tertiary/aromatic N) is 2. The molecule has 1 aromatic heterocycles. The van der Waals surface area contributed by atoms with Crippen LogP contribution in [-0.4, -0.2) is 17.0 Å². The van der Waals surface area contributed by atoms with Crippen LogP contribution in [0.1, 0.15) is 30.1 Å². The Kier molecular flexibility index (Phi) is 2.78. The monoisotopic (exact) mass is 322 g/mol. The van der Waals surface area contributed by atoms with Gasteiger partial charge in [-0.3, -0.25) is 9.59 Å². The van der Waals surface area contributed by atoms with Crippen molar-refractivity contribution in [2.24, 2.45) is 23.7 Å². The van der Waals surface area contributed by atoms with Crippen LogP contribution in [0, 0.1) is 30.6 Å². The van der Waals surface area contributed by atoms with Crippen LogP contribution in [0.3, 0.4) is 0 Å². The van der Waals surface area contributed by atoms with Gasteiger partial charge >= 0.3 is 0 Å². The number of fused-ring (bicyclic) bond motifs is 5. The number of amides is 2. The molecule has 2 heterocycles. The smallest absolute Gasteiger partial charge is 0.239 e. The number of rotatable bonds is 2. The lowest BCUT2D eigenvalue weighted by Crippen LogP contribution is -2.33. The van der Waals surface area contributed by atoms with Gasteiger partial charge < -0.3 is 4.52 Å². The van der Waals surface area contributed by atoms with Crippen molar-refractivity contribution in [2.45, 2.75) is 25.7 Å². The summed E-state index contributed by atoms with van der Waals surface area (Å²) in [4.78, 5) is 27.1. The highest BCUT2D eigenvalue weighted by Gasteiger charge is 2.64. The lowest BCUT2D eigenvalue weighted by Gasteiger charge is -2.28. The number of imide groups is 1. The first kappa shape index (κ1) is 14.0. The number of hydrogen-bond acceptors (Lipinski definition) is 4. The van der Waals surface area contributed by atoms with Gasteiger partial charge in [0.1, 0.15) is 5.76 Å². The van der Waals surface area contributed by atoms with Crippen LogP contribution >= 0.6 is 0 Å². The van der Waals surface area contributed by atoms with Crippen molar-refractivity contribution < 1.29 is 14.1 Å². The molecule has 0 radical (unpaired) electrons. The summed E-state index contributed by atoms with van der Waals surface area (Å²) in [5.74, 6) is 1.35. The van der Waals surface area contributed by atoms with Gasteiger partial charge in [-0.2, -0.15) is 0 Å². The van der Waals surface area contributed by atoms with Crippen molar-refractivity contribution in [3.8, 4) is 0 Å². The number of hydrogen-bond donors (Lipinski definition) is 0. The van der Waals surface area contributed by atoms with Crippen LogP contribution in [0.2, 0.25) is 0 Å². The summed E-state index contributed by atoms with van der Waals surface area (Å²) in [6.07, 6.45) is 1.98. The summed E-state index contributed by atoms with van der Waals surface area (Å²) in [5.41, 5.74) is 1.29. The number of benzene rings is 1. The van der Waals surface area contributed by atoms with E-state index in [-0.39, 0.29) is 29.6 Å². The first-order valence-corrected chi connectivity index (χ1v) is 8.51. The Morgan fingerprint density at radius 3 is 2.54 bits per heavy atom. The highest BCUT2D eigenvalue weighted by molar-refractivity contribution is 6.22. The van der Waals surface area contributed by atoms with E-state index in [4.69, 9.17) is 4.52 Å². The molecule has 0 spiro atoms. The van der Waals surface area contributed by atoms with Gasteiger partial charge in [0.25, 0.3) is 0 Å². The molecule has 24 heavy (non-hydrogen) atoms. The zero-order chi connectivity index (χ0) is 16.4. The molecule has 2 aliphatic carbocycles. The van der Waals surface area contributed by atoms with E-state index >= 15 is 0 Å². The molecule has 1 aliphatic heterocycles. The average molecular weight is 322 g/mol. The van der Waals surface area contributed by atoms with Gasteiger partial charge in [-0.1, -0.05) is 35.5 Å². The van der Waals surface area contributed by atoms with Gasteiger partial charge in [0.05, 0.1) is 11.8 Å². The Morgan fingerprint density at radius 1 is 1.08 bits per heavy atom. The molecule has 1 saturated heterocycles. The molecule has 0 unspecified atom stereocenters. The maximum absolute atomic E-state index is 13.0. The van der Waals surface area contributed by atoms with Crippen molar-refractivity contribution in [2.75, 3.05) is 4.90 Å². The highest BCUT2D eigenvalue weighted by Crippen LogP contribution is 2.61. The van der Waals surface area contributed by atoms with E-state index < -0.39 is 0 Å². The predicted octanol–water partition coefficient (Wildman–Crippen LogP) is 2.91. The molecule has 2 aromatic rings. The Bertz CT molecular complexity index is 828. The van der Waals surface area contributed by atoms with Crippen LogP contribution < -0.4 is 4.90 Å². The summed E-state index contributed by atoms with van der Waals surface area (Å²) >= 11 is 0. The number of anilines is 1. The minimum atomic E-state index is -0.196. The standard InChI is InChI=1S/C19H18N2O3/c1-10-7-15(20-24-10)21-18(22)16-12-8-13(11-5-3-2-4-6-11)14(9-12)17(16)19(21)23/h2-7,12-14,16-17H,8-9H2,1H3/t12-,13-,14+,16+,17+/m0/s1. The van der Waals surface area contributed by atoms with E-state index in [1.54, 1.807) is 13.0 Å². The Morgan fingerprint density at radius 2 is 1.83 bits per heavy atom. The third-order valence-corrected chi connectivity index (χ3v) is 6.09. The molecular formula is C19H18N2O3. The van der Waals surface area contributed by atoms with Crippen molar-refractivity contribution in [1.82, 2.24) is 5.16 Å². The van der Waals surface area contributed by atoms with E-state index in [2.05, 4.69) is 17.3 Å². The van der Waals surface area contributed by atoms with Crippen LogP contribution in [0.15, 0.2) is 40.9 Å². The number of aryl methyl sites for hydroxylation is 1. The summed E-state index contributed by atoms with van der Waals surface area (Å²) in [6, 6.07) is 12.0. The highest BCUT2D eigenvalue weighted by atomic mass is 16.5. The third-order valence-electron chi connectivity index (χ3n) is 6.09. The lowest BCUT2D eigenvalue weighted by molar-refractivity contribution is -0.123. The first-order valence-electron chi connectivity index (χ1n) is 8.51. The molecule has 2 saturated carbocycles. The van der Waals surface area contributed by atoms with Gasteiger partial charge in [0.2, 0.25) is 11.8 Å². The zero-order valence-electron chi connectivity index (χ0n) is 13.4. The average Bonchev–Trinajstić information content (AvgIpc) is 3.32. The molecule has 1 aromatic carbocycles. The van der Waals surface area contributed by atoms with Gasteiger partial charge in [-0.05, 0) is 43.1 Å². The van der Waals surface area contributed by atoms with Crippen LogP contribution in [0.5, 0.6) is 0 Å². The second-order valence-electron chi connectivity index (χ2n) is 7.27. The second-order valence-corrected chi connectivity index (χ2v) is 7.27. The van der Waals surface area contributed by atoms with Crippen LogP contribution in [-0.2, 0) is 9.59 Å². The number of carbonyl (C=O) groups excluding carboxylic acids is 2. The van der Waals surface area contributed by atoms with E-state index in [1.807, 2.05) is 18.2 Å². The normalized spacial score (nSPS) is 34.2. The first-order chi connectivity index (χ1) is 11.6. The fraction of sp³-hybridized carbons (Fsp3) is 0.421. The fourth-order valence-corrected chi connectivity index (χ4v) is 5.23. The molecule has 2 bridgehead atoms. The Labute approximate surface area is 139 Å². The third kappa shape index (κ3) is 1.72. The summed E-state index contributed by atoms with van der Waals surface area (Å²) in [5, 5.41) is 3.88. The lowest BCUT2D eigenvalue weighted by atomic mass is 9.73. The van der Waals surface area contributed by atoms with Gasteiger partial charge in [0, 0.05) is 6.07 Å². The van der Waals surface area contributed by atoms with Gasteiger partial charge in [-0.15, -0.1) is 0 Å². The summed E-state index contributed by atoms with van der Waals surface area (Å²) < 4.78 is 5.06. The molecule has 2 amide bonds. The van der Waals surface area contributed by atoms with Gasteiger partial charge in [0.15, 0.2) is 5.82 Å². The van der Waals surface area contributed by atoms with Crippen LogP contribution in [0.4, 0.5) is 5.82 Å². The van der Waals surface area contributed by atoms with E-state index in [0.29, 0.717) is 23.4 Å². The number of aromatic nitrogens is 1. The number of carbonyl (C=O) groups is 2. The second kappa shape index (κ2) is 4.79. The van der Waals surface area contributed by atoms with Crippen molar-refractivity contribution in [1.29, 1.82) is 0 Å². The van der Waals surface area contributed by atoms with E-state index in [1.165, 1.54) is 10.5 Å². The molecule has 5 rings (SSSR count). The maximum atomic E-state index is 13.0. The molecular weight excluding hydrogens is 304 g/mol.